The Hall–Kier alpha value is -2.63. The van der Waals surface area contributed by atoms with Crippen LogP contribution in [0.15, 0.2) is 43.0 Å². The van der Waals surface area contributed by atoms with Gasteiger partial charge in [-0.3, -0.25) is 4.79 Å². The molecule has 1 heterocycles. The molecule has 0 saturated heterocycles. The van der Waals surface area contributed by atoms with E-state index in [0.29, 0.717) is 12.1 Å². The van der Waals surface area contributed by atoms with Crippen molar-refractivity contribution in [1.82, 2.24) is 14.9 Å². The number of aromatic nitrogens is 2. The minimum atomic E-state index is -1.25. The lowest BCUT2D eigenvalue weighted by atomic mass is 9.89. The number of carbonyl (C=O) groups is 2. The number of imidazole rings is 1. The summed E-state index contributed by atoms with van der Waals surface area (Å²) in [5.41, 5.74) is -0.198. The molecule has 0 aliphatic rings. The molecule has 0 atom stereocenters. The largest absolute Gasteiger partial charge is 0.545 e. The number of nitrogens with one attached hydrogen (secondary N) is 1. The van der Waals surface area contributed by atoms with Gasteiger partial charge >= 0.3 is 0 Å². The number of aromatic carboxylic acids is 1. The van der Waals surface area contributed by atoms with Gasteiger partial charge in [-0.05, 0) is 19.4 Å². The molecule has 0 fully saturated rings. The van der Waals surface area contributed by atoms with E-state index in [4.69, 9.17) is 0 Å². The highest BCUT2D eigenvalue weighted by Crippen LogP contribution is 2.23. The zero-order chi connectivity index (χ0) is 16.2. The smallest absolute Gasteiger partial charge is 0.222 e. The van der Waals surface area contributed by atoms with Crippen LogP contribution in [0.1, 0.15) is 36.2 Å². The maximum Gasteiger partial charge on any atom is 0.222 e. The molecule has 116 valence electrons. The first-order valence-electron chi connectivity index (χ1n) is 6.98. The van der Waals surface area contributed by atoms with Crippen LogP contribution in [0.3, 0.4) is 0 Å². The van der Waals surface area contributed by atoms with Gasteiger partial charge in [0.1, 0.15) is 0 Å². The van der Waals surface area contributed by atoms with Crippen molar-refractivity contribution in [3.63, 3.8) is 0 Å². The molecule has 2 rings (SSSR count). The Balaban J connectivity index is 2.07. The summed E-state index contributed by atoms with van der Waals surface area (Å²) in [7, 11) is 0. The lowest BCUT2D eigenvalue weighted by Gasteiger charge is -2.29. The van der Waals surface area contributed by atoms with E-state index < -0.39 is 11.5 Å². The number of carboxylic acid groups (broad SMARTS) is 1. The number of carbonyl (C=O) groups excluding carboxylic acids is 2. The van der Waals surface area contributed by atoms with Crippen LogP contribution in [0.4, 0.5) is 0 Å². The number of benzene rings is 1. The van der Waals surface area contributed by atoms with Gasteiger partial charge < -0.3 is 19.8 Å². The van der Waals surface area contributed by atoms with Crippen LogP contribution >= 0.6 is 0 Å². The summed E-state index contributed by atoms with van der Waals surface area (Å²) in [6, 6.07) is 6.53. The molecule has 0 bridgehead atoms. The minimum Gasteiger partial charge on any atom is -0.545 e. The number of hydrogen-bond acceptors (Lipinski definition) is 4. The molecule has 1 N–H and O–H groups in total. The number of rotatable bonds is 6. The number of carboxylic acids is 1. The fourth-order valence-corrected chi connectivity index (χ4v) is 2.33. The van der Waals surface area contributed by atoms with Crippen LogP contribution in [0.5, 0.6) is 0 Å². The Morgan fingerprint density at radius 3 is 2.68 bits per heavy atom. The Kier molecular flexibility index (Phi) is 4.60. The molecule has 0 radical (unpaired) electrons. The van der Waals surface area contributed by atoms with E-state index in [9.17, 15) is 14.7 Å². The summed E-state index contributed by atoms with van der Waals surface area (Å²) in [6.07, 6.45) is 5.36. The highest BCUT2D eigenvalue weighted by atomic mass is 16.4. The van der Waals surface area contributed by atoms with Gasteiger partial charge in [0.25, 0.3) is 0 Å². The Bertz CT molecular complexity index is 663. The second kappa shape index (κ2) is 6.43. The molecule has 2 aromatic rings. The predicted molar refractivity (Wildman–Crippen MR) is 78.8 cm³/mol. The third-order valence-electron chi connectivity index (χ3n) is 3.43. The van der Waals surface area contributed by atoms with E-state index >= 15 is 0 Å². The molecule has 1 aromatic heterocycles. The monoisotopic (exact) mass is 300 g/mol. The van der Waals surface area contributed by atoms with E-state index in [1.165, 1.54) is 6.07 Å². The lowest BCUT2D eigenvalue weighted by Crippen LogP contribution is -2.43. The molecule has 6 heteroatoms. The predicted octanol–water partition coefficient (Wildman–Crippen LogP) is 0.688. The third-order valence-corrected chi connectivity index (χ3v) is 3.43. The zero-order valence-corrected chi connectivity index (χ0v) is 12.6. The van der Waals surface area contributed by atoms with Crippen molar-refractivity contribution in [1.29, 1.82) is 0 Å². The zero-order valence-electron chi connectivity index (χ0n) is 12.6. The quantitative estimate of drug-likeness (QED) is 0.850. The normalized spacial score (nSPS) is 11.2. The van der Waals surface area contributed by atoms with Crippen LogP contribution in [0.2, 0.25) is 0 Å². The highest BCUT2D eigenvalue weighted by molar-refractivity contribution is 5.88. The third kappa shape index (κ3) is 3.72. The summed E-state index contributed by atoms with van der Waals surface area (Å²) in [4.78, 5) is 27.2. The topological polar surface area (TPSA) is 87.0 Å². The molecule has 1 aromatic carbocycles. The molecule has 0 aliphatic carbocycles. The van der Waals surface area contributed by atoms with Crippen molar-refractivity contribution in [2.45, 2.75) is 32.4 Å². The van der Waals surface area contributed by atoms with E-state index in [1.807, 2.05) is 4.57 Å². The molecule has 1 amide bonds. The van der Waals surface area contributed by atoms with Crippen molar-refractivity contribution in [3.05, 3.63) is 54.1 Å². The molecule has 22 heavy (non-hydrogen) atoms. The fraction of sp³-hybridized carbons (Fsp3) is 0.312. The molecular weight excluding hydrogens is 282 g/mol. The van der Waals surface area contributed by atoms with E-state index in [2.05, 4.69) is 10.3 Å². The van der Waals surface area contributed by atoms with Gasteiger partial charge in [0, 0.05) is 30.9 Å². The number of aryl methyl sites for hydroxylation is 1. The van der Waals surface area contributed by atoms with Gasteiger partial charge in [-0.2, -0.15) is 0 Å². The average molecular weight is 300 g/mol. The van der Waals surface area contributed by atoms with Crippen molar-refractivity contribution < 1.29 is 14.7 Å². The maximum absolute atomic E-state index is 12.1. The molecule has 0 unspecified atom stereocenters. The van der Waals surface area contributed by atoms with Gasteiger partial charge in [-0.15, -0.1) is 0 Å². The molecular formula is C16H18N3O3-. The summed E-state index contributed by atoms with van der Waals surface area (Å²) < 4.78 is 1.81. The van der Waals surface area contributed by atoms with Gasteiger partial charge in [0.15, 0.2) is 0 Å². The van der Waals surface area contributed by atoms with Crippen molar-refractivity contribution in [2.24, 2.45) is 0 Å². The molecule has 0 aliphatic heterocycles. The molecule has 6 nitrogen and oxygen atoms in total. The number of amides is 1. The number of nitrogens with zero attached hydrogens (tertiary/aromatic N) is 2. The molecule has 0 spiro atoms. The summed E-state index contributed by atoms with van der Waals surface area (Å²) in [6.45, 7) is 4.05. The summed E-state index contributed by atoms with van der Waals surface area (Å²) in [5, 5.41) is 14.1. The van der Waals surface area contributed by atoms with Crippen molar-refractivity contribution >= 4 is 11.9 Å². The summed E-state index contributed by atoms with van der Waals surface area (Å²) >= 11 is 0. The van der Waals surface area contributed by atoms with Crippen LogP contribution in [0, 0.1) is 0 Å². The highest BCUT2D eigenvalue weighted by Gasteiger charge is 2.25. The van der Waals surface area contributed by atoms with E-state index in [0.717, 1.165) is 0 Å². The van der Waals surface area contributed by atoms with Gasteiger partial charge in [0.2, 0.25) is 5.91 Å². The molecule has 0 saturated carbocycles. The van der Waals surface area contributed by atoms with E-state index in [-0.39, 0.29) is 17.9 Å². The van der Waals surface area contributed by atoms with Gasteiger partial charge in [-0.25, -0.2) is 4.98 Å². The van der Waals surface area contributed by atoms with Crippen LogP contribution in [-0.2, 0) is 16.9 Å². The first kappa shape index (κ1) is 15.8. The summed E-state index contributed by atoms with van der Waals surface area (Å²) in [5.74, 6) is -1.41. The second-order valence-electron chi connectivity index (χ2n) is 5.56. The first-order valence-corrected chi connectivity index (χ1v) is 6.98. The maximum atomic E-state index is 12.1. The standard InChI is InChI=1S/C16H19N3O3/c1-16(2,13-6-4-3-5-12(13)15(21)22)18-14(20)7-9-19-10-8-17-11-19/h3-6,8,10-11H,7,9H2,1-2H3,(H,18,20)(H,21,22)/p-1. The fourth-order valence-electron chi connectivity index (χ4n) is 2.33. The Morgan fingerprint density at radius 1 is 1.32 bits per heavy atom. The first-order chi connectivity index (χ1) is 10.4. The van der Waals surface area contributed by atoms with Crippen LogP contribution < -0.4 is 10.4 Å². The number of hydrogen-bond donors (Lipinski definition) is 1. The van der Waals surface area contributed by atoms with Crippen molar-refractivity contribution in [3.8, 4) is 0 Å². The minimum absolute atomic E-state index is 0.0856. The second-order valence-corrected chi connectivity index (χ2v) is 5.56. The van der Waals surface area contributed by atoms with Gasteiger partial charge in [-0.1, -0.05) is 24.3 Å². The van der Waals surface area contributed by atoms with Crippen LogP contribution in [-0.4, -0.2) is 21.4 Å². The van der Waals surface area contributed by atoms with Gasteiger partial charge in [0.05, 0.1) is 17.8 Å². The Labute approximate surface area is 128 Å². The van der Waals surface area contributed by atoms with E-state index in [1.54, 1.807) is 50.8 Å². The SMILES string of the molecule is CC(C)(NC(=O)CCn1ccnc1)c1ccccc1C(=O)[O-]. The average Bonchev–Trinajstić information content (AvgIpc) is 2.98. The Morgan fingerprint density at radius 2 is 2.05 bits per heavy atom. The lowest BCUT2D eigenvalue weighted by molar-refractivity contribution is -0.255. The van der Waals surface area contributed by atoms with Crippen LogP contribution in [0.25, 0.3) is 0 Å². The van der Waals surface area contributed by atoms with Crippen molar-refractivity contribution in [2.75, 3.05) is 0 Å².